The van der Waals surface area contributed by atoms with E-state index in [1.165, 1.54) is 17.5 Å². The van der Waals surface area contributed by atoms with Crippen molar-refractivity contribution in [3.63, 3.8) is 0 Å². The normalized spacial score (nSPS) is 11.9. The summed E-state index contributed by atoms with van der Waals surface area (Å²) in [5.74, 6) is -2.21. The third-order valence-corrected chi connectivity index (χ3v) is 5.61. The molecule has 0 aliphatic rings. The summed E-state index contributed by atoms with van der Waals surface area (Å²) in [5.41, 5.74) is 1.00. The van der Waals surface area contributed by atoms with E-state index >= 15 is 0 Å². The highest BCUT2D eigenvalue weighted by atomic mass is 32.1. The maximum Gasteiger partial charge on any atom is 0.311 e. The minimum atomic E-state index is -0.863. The maximum absolute atomic E-state index is 13.4. The number of amides is 1. The Kier molecular flexibility index (Phi) is 8.99. The van der Waals surface area contributed by atoms with Gasteiger partial charge in [-0.1, -0.05) is 60.7 Å². The average molecular weight is 497 g/mol. The number of hydrogen-bond acceptors (Lipinski definition) is 7. The summed E-state index contributed by atoms with van der Waals surface area (Å²) in [5, 5.41) is 20.7. The first-order valence-electron chi connectivity index (χ1n) is 10.8. The SMILES string of the molecule is CCOC(=O)Cc1csc(=NC(=O)/C(C#N)=C/c2ccccc2)n1C(=O)/C(C#N)=C\c1ccccc1. The van der Waals surface area contributed by atoms with Crippen LogP contribution in [-0.2, 0) is 20.7 Å². The summed E-state index contributed by atoms with van der Waals surface area (Å²) >= 11 is 0.935. The minimum Gasteiger partial charge on any atom is -0.466 e. The molecule has 2 aromatic carbocycles. The van der Waals surface area contributed by atoms with Gasteiger partial charge in [-0.2, -0.15) is 15.5 Å². The highest BCUT2D eigenvalue weighted by Gasteiger charge is 2.21. The summed E-state index contributed by atoms with van der Waals surface area (Å²) in [6.45, 7) is 1.81. The zero-order chi connectivity index (χ0) is 25.9. The molecule has 0 saturated carbocycles. The van der Waals surface area contributed by atoms with Crippen molar-refractivity contribution in [2.75, 3.05) is 6.61 Å². The lowest BCUT2D eigenvalue weighted by molar-refractivity contribution is -0.142. The lowest BCUT2D eigenvalue weighted by Crippen LogP contribution is -2.28. The van der Waals surface area contributed by atoms with Crippen LogP contribution in [0.15, 0.2) is 82.2 Å². The Morgan fingerprint density at radius 2 is 1.50 bits per heavy atom. The van der Waals surface area contributed by atoms with Crippen LogP contribution in [0.4, 0.5) is 0 Å². The molecule has 0 aliphatic heterocycles. The van der Waals surface area contributed by atoms with Crippen molar-refractivity contribution in [2.45, 2.75) is 13.3 Å². The molecule has 8 nitrogen and oxygen atoms in total. The molecule has 0 saturated heterocycles. The van der Waals surface area contributed by atoms with Crippen LogP contribution in [-0.4, -0.2) is 29.0 Å². The zero-order valence-corrected chi connectivity index (χ0v) is 20.1. The Hall–Kier alpha value is -4.86. The van der Waals surface area contributed by atoms with Gasteiger partial charge in [0.1, 0.15) is 23.3 Å². The topological polar surface area (TPSA) is 125 Å². The molecule has 1 amide bonds. The van der Waals surface area contributed by atoms with Gasteiger partial charge in [0, 0.05) is 11.1 Å². The first kappa shape index (κ1) is 25.8. The Morgan fingerprint density at radius 1 is 0.944 bits per heavy atom. The second kappa shape index (κ2) is 12.6. The third-order valence-electron chi connectivity index (χ3n) is 4.73. The molecule has 1 heterocycles. The average Bonchev–Trinajstić information content (AvgIpc) is 3.28. The lowest BCUT2D eigenvalue weighted by Gasteiger charge is -2.07. The maximum atomic E-state index is 13.4. The molecule has 0 unspecified atom stereocenters. The number of benzene rings is 2. The summed E-state index contributed by atoms with van der Waals surface area (Å²) in [7, 11) is 0. The van der Waals surface area contributed by atoms with Gasteiger partial charge < -0.3 is 4.74 Å². The van der Waals surface area contributed by atoms with Crippen molar-refractivity contribution in [3.8, 4) is 12.1 Å². The molecule has 36 heavy (non-hydrogen) atoms. The quantitative estimate of drug-likeness (QED) is 0.277. The summed E-state index contributed by atoms with van der Waals surface area (Å²) in [6, 6.07) is 21.3. The van der Waals surface area contributed by atoms with Crippen molar-refractivity contribution in [3.05, 3.63) is 98.8 Å². The fourth-order valence-corrected chi connectivity index (χ4v) is 3.98. The molecule has 1 aromatic heterocycles. The second-order valence-corrected chi connectivity index (χ2v) is 8.05. The van der Waals surface area contributed by atoms with Gasteiger partial charge in [-0.25, -0.2) is 0 Å². The Labute approximate surface area is 211 Å². The van der Waals surface area contributed by atoms with Crippen LogP contribution in [0.3, 0.4) is 0 Å². The van der Waals surface area contributed by atoms with Crippen molar-refractivity contribution >= 4 is 41.3 Å². The summed E-state index contributed by atoms with van der Waals surface area (Å²) in [4.78, 5) is 42.3. The van der Waals surface area contributed by atoms with E-state index in [0.29, 0.717) is 11.1 Å². The fraction of sp³-hybridized carbons (Fsp3) is 0.111. The highest BCUT2D eigenvalue weighted by molar-refractivity contribution is 7.07. The molecule has 0 atom stereocenters. The molecule has 0 spiro atoms. The Morgan fingerprint density at radius 3 is 2.03 bits per heavy atom. The number of nitrogens with zero attached hydrogens (tertiary/aromatic N) is 4. The number of thiazole rings is 1. The van der Waals surface area contributed by atoms with Crippen molar-refractivity contribution in [1.29, 1.82) is 10.5 Å². The van der Waals surface area contributed by atoms with Crippen molar-refractivity contribution < 1.29 is 19.1 Å². The van der Waals surface area contributed by atoms with E-state index < -0.39 is 17.8 Å². The number of allylic oxidation sites excluding steroid dienone is 1. The largest absolute Gasteiger partial charge is 0.466 e. The molecular formula is C27H20N4O4S. The monoisotopic (exact) mass is 496 g/mol. The van der Waals surface area contributed by atoms with E-state index in [4.69, 9.17) is 4.74 Å². The van der Waals surface area contributed by atoms with E-state index in [1.54, 1.807) is 67.6 Å². The van der Waals surface area contributed by atoms with Gasteiger partial charge in [-0.05, 0) is 30.2 Å². The van der Waals surface area contributed by atoms with Crippen molar-refractivity contribution in [2.24, 2.45) is 4.99 Å². The van der Waals surface area contributed by atoms with E-state index in [-0.39, 0.29) is 34.7 Å². The van der Waals surface area contributed by atoms with Crippen molar-refractivity contribution in [1.82, 2.24) is 4.57 Å². The number of esters is 1. The Bertz CT molecular complexity index is 1480. The number of ether oxygens (including phenoxy) is 1. The first-order chi connectivity index (χ1) is 17.5. The first-order valence-corrected chi connectivity index (χ1v) is 11.7. The van der Waals surface area contributed by atoms with Crippen LogP contribution in [0.1, 0.15) is 28.5 Å². The minimum absolute atomic E-state index is 0.0762. The van der Waals surface area contributed by atoms with Gasteiger partial charge in [-0.3, -0.25) is 19.0 Å². The van der Waals surface area contributed by atoms with Crippen LogP contribution in [0, 0.1) is 22.7 Å². The van der Waals surface area contributed by atoms with Gasteiger partial charge in [-0.15, -0.1) is 11.3 Å². The van der Waals surface area contributed by atoms with Crippen LogP contribution < -0.4 is 4.80 Å². The molecule has 3 aromatic rings. The summed E-state index contributed by atoms with van der Waals surface area (Å²) in [6.07, 6.45) is 2.53. The number of carbonyl (C=O) groups is 3. The number of hydrogen-bond donors (Lipinski definition) is 0. The third kappa shape index (κ3) is 6.60. The number of rotatable bonds is 7. The number of aromatic nitrogens is 1. The predicted molar refractivity (Wildman–Crippen MR) is 134 cm³/mol. The molecular weight excluding hydrogens is 476 g/mol. The van der Waals surface area contributed by atoms with Crippen LogP contribution >= 0.6 is 11.3 Å². The molecule has 178 valence electrons. The lowest BCUT2D eigenvalue weighted by atomic mass is 10.1. The van der Waals surface area contributed by atoms with Gasteiger partial charge >= 0.3 is 5.97 Å². The fourth-order valence-electron chi connectivity index (χ4n) is 3.11. The molecule has 0 bridgehead atoms. The molecule has 9 heteroatoms. The van der Waals surface area contributed by atoms with Gasteiger partial charge in [0.15, 0.2) is 4.80 Å². The Balaban J connectivity index is 2.10. The van der Waals surface area contributed by atoms with E-state index in [9.17, 15) is 24.9 Å². The van der Waals surface area contributed by atoms with Crippen LogP contribution in [0.2, 0.25) is 0 Å². The van der Waals surface area contributed by atoms with Crippen LogP contribution in [0.25, 0.3) is 12.2 Å². The van der Waals surface area contributed by atoms with Crippen LogP contribution in [0.5, 0.6) is 0 Å². The molecule has 0 aliphatic carbocycles. The van der Waals surface area contributed by atoms with Gasteiger partial charge in [0.25, 0.3) is 11.8 Å². The van der Waals surface area contributed by atoms with Gasteiger partial charge in [0.05, 0.1) is 13.0 Å². The highest BCUT2D eigenvalue weighted by Crippen LogP contribution is 2.13. The molecule has 0 N–H and O–H groups in total. The second-order valence-electron chi connectivity index (χ2n) is 7.21. The van der Waals surface area contributed by atoms with E-state index in [2.05, 4.69) is 4.99 Å². The number of carbonyl (C=O) groups excluding carboxylic acids is 3. The molecule has 3 rings (SSSR count). The van der Waals surface area contributed by atoms with E-state index in [1.807, 2.05) is 12.1 Å². The van der Waals surface area contributed by atoms with Gasteiger partial charge in [0.2, 0.25) is 0 Å². The molecule has 0 radical (unpaired) electrons. The molecule has 0 fully saturated rings. The summed E-state index contributed by atoms with van der Waals surface area (Å²) < 4.78 is 6.02. The van der Waals surface area contributed by atoms with E-state index in [0.717, 1.165) is 15.9 Å². The predicted octanol–water partition coefficient (Wildman–Crippen LogP) is 3.94. The zero-order valence-electron chi connectivity index (χ0n) is 19.2. The number of nitriles is 2. The standard InChI is InChI=1S/C27H20N4O4S/c1-2-35-24(32)15-23-18-36-27(30-25(33)21(16-28)13-19-9-5-3-6-10-19)31(23)26(34)22(17-29)14-20-11-7-4-8-12-20/h3-14,18H,2,15H2,1H3/b21-13+,22-14-,30-27?. The smallest absolute Gasteiger partial charge is 0.311 e.